The quantitative estimate of drug-likeness (QED) is 0.625. The lowest BCUT2D eigenvalue weighted by Crippen LogP contribution is -2.18. The molecule has 0 aromatic heterocycles. The molecule has 0 unspecified atom stereocenters. The Morgan fingerprint density at radius 2 is 2.00 bits per heavy atom. The Labute approximate surface area is 134 Å². The number of hydrogen-bond donors (Lipinski definition) is 1. The number of nitrogens with zero attached hydrogens (tertiary/aromatic N) is 1. The van der Waals surface area contributed by atoms with Gasteiger partial charge >= 0.3 is 0 Å². The number of rotatable bonds is 3. The molecule has 0 aliphatic heterocycles. The zero-order valence-electron chi connectivity index (χ0n) is 10.1. The van der Waals surface area contributed by atoms with E-state index in [1.807, 2.05) is 24.3 Å². The monoisotopic (exact) mass is 370 g/mol. The van der Waals surface area contributed by atoms with E-state index in [0.29, 0.717) is 10.6 Å². The summed E-state index contributed by atoms with van der Waals surface area (Å²) in [6.45, 7) is 0. The summed E-state index contributed by atoms with van der Waals surface area (Å²) in [5.41, 5.74) is 3.60. The first kappa shape index (κ1) is 15.0. The standard InChI is InChI=1S/C14H9BrCl2N2O/c15-10-3-1-2-9(6-10)8-18-19-14(20)12-5-4-11(16)7-13(12)17/h1-8H,(H,19,20)/b18-8-. The summed E-state index contributed by atoms with van der Waals surface area (Å²) in [5, 5.41) is 4.65. The fourth-order valence-electron chi connectivity index (χ4n) is 1.49. The molecular weight excluding hydrogens is 363 g/mol. The van der Waals surface area contributed by atoms with E-state index >= 15 is 0 Å². The molecule has 102 valence electrons. The van der Waals surface area contributed by atoms with Gasteiger partial charge in [-0.25, -0.2) is 5.43 Å². The van der Waals surface area contributed by atoms with Crippen LogP contribution in [0.1, 0.15) is 15.9 Å². The fraction of sp³-hybridized carbons (Fsp3) is 0. The highest BCUT2D eigenvalue weighted by molar-refractivity contribution is 9.10. The highest BCUT2D eigenvalue weighted by atomic mass is 79.9. The van der Waals surface area contributed by atoms with Crippen molar-refractivity contribution in [3.8, 4) is 0 Å². The number of hydrazone groups is 1. The molecule has 2 rings (SSSR count). The fourth-order valence-corrected chi connectivity index (χ4v) is 2.40. The molecular formula is C14H9BrCl2N2O. The third kappa shape index (κ3) is 4.07. The molecule has 0 saturated carbocycles. The van der Waals surface area contributed by atoms with Crippen molar-refractivity contribution in [1.29, 1.82) is 0 Å². The van der Waals surface area contributed by atoms with Gasteiger partial charge in [0.2, 0.25) is 0 Å². The van der Waals surface area contributed by atoms with Gasteiger partial charge in [0.15, 0.2) is 0 Å². The molecule has 1 amide bonds. The van der Waals surface area contributed by atoms with Gasteiger partial charge in [-0.1, -0.05) is 51.3 Å². The SMILES string of the molecule is O=C(N/N=C\c1cccc(Br)c1)c1ccc(Cl)cc1Cl. The van der Waals surface area contributed by atoms with Gasteiger partial charge in [-0.05, 0) is 35.9 Å². The minimum Gasteiger partial charge on any atom is -0.267 e. The van der Waals surface area contributed by atoms with Gasteiger partial charge in [0, 0.05) is 9.50 Å². The Morgan fingerprint density at radius 3 is 2.70 bits per heavy atom. The Hall–Kier alpha value is -1.36. The molecule has 0 aliphatic carbocycles. The van der Waals surface area contributed by atoms with Gasteiger partial charge in [-0.15, -0.1) is 0 Å². The normalized spacial score (nSPS) is 10.8. The maximum Gasteiger partial charge on any atom is 0.272 e. The van der Waals surface area contributed by atoms with Crippen molar-refractivity contribution in [3.63, 3.8) is 0 Å². The third-order valence-electron chi connectivity index (χ3n) is 2.40. The molecule has 20 heavy (non-hydrogen) atoms. The summed E-state index contributed by atoms with van der Waals surface area (Å²) >= 11 is 15.1. The predicted octanol–water partition coefficient (Wildman–Crippen LogP) is 4.52. The summed E-state index contributed by atoms with van der Waals surface area (Å²) in [4.78, 5) is 11.9. The highest BCUT2D eigenvalue weighted by Crippen LogP contribution is 2.20. The largest absolute Gasteiger partial charge is 0.272 e. The molecule has 2 aromatic carbocycles. The van der Waals surface area contributed by atoms with Crippen LogP contribution in [0.15, 0.2) is 52.0 Å². The molecule has 0 heterocycles. The maximum atomic E-state index is 11.9. The minimum atomic E-state index is -0.391. The molecule has 0 saturated heterocycles. The Kier molecular flexibility index (Phi) is 5.17. The van der Waals surface area contributed by atoms with Gasteiger partial charge in [-0.3, -0.25) is 4.79 Å². The zero-order valence-corrected chi connectivity index (χ0v) is 13.2. The van der Waals surface area contributed by atoms with Crippen LogP contribution in [0.5, 0.6) is 0 Å². The first-order valence-corrected chi connectivity index (χ1v) is 7.15. The maximum absolute atomic E-state index is 11.9. The second-order valence-corrected chi connectivity index (χ2v) is 5.64. The van der Waals surface area contributed by atoms with Crippen molar-refractivity contribution in [2.75, 3.05) is 0 Å². The van der Waals surface area contributed by atoms with E-state index in [1.54, 1.807) is 18.3 Å². The van der Waals surface area contributed by atoms with Crippen LogP contribution in [0.4, 0.5) is 0 Å². The van der Waals surface area contributed by atoms with Gasteiger partial charge in [-0.2, -0.15) is 5.10 Å². The lowest BCUT2D eigenvalue weighted by molar-refractivity contribution is 0.0955. The molecule has 0 radical (unpaired) electrons. The van der Waals surface area contributed by atoms with Crippen molar-refractivity contribution >= 4 is 51.3 Å². The topological polar surface area (TPSA) is 41.5 Å². The van der Waals surface area contributed by atoms with Crippen LogP contribution in [-0.2, 0) is 0 Å². The molecule has 2 aromatic rings. The van der Waals surface area contributed by atoms with Crippen LogP contribution in [0.3, 0.4) is 0 Å². The lowest BCUT2D eigenvalue weighted by Gasteiger charge is -2.02. The van der Waals surface area contributed by atoms with Crippen LogP contribution in [-0.4, -0.2) is 12.1 Å². The van der Waals surface area contributed by atoms with E-state index in [0.717, 1.165) is 10.0 Å². The summed E-state index contributed by atoms with van der Waals surface area (Å²) in [6.07, 6.45) is 1.55. The molecule has 0 aliphatic rings. The van der Waals surface area contributed by atoms with Crippen LogP contribution in [0.2, 0.25) is 10.0 Å². The molecule has 0 fully saturated rings. The number of amides is 1. The Balaban J connectivity index is 2.05. The van der Waals surface area contributed by atoms with E-state index in [9.17, 15) is 4.79 Å². The number of benzene rings is 2. The first-order chi connectivity index (χ1) is 9.56. The van der Waals surface area contributed by atoms with Crippen LogP contribution in [0.25, 0.3) is 0 Å². The van der Waals surface area contributed by atoms with Gasteiger partial charge < -0.3 is 0 Å². The molecule has 6 heteroatoms. The third-order valence-corrected chi connectivity index (χ3v) is 3.45. The second kappa shape index (κ2) is 6.88. The number of carbonyl (C=O) groups excluding carboxylic acids is 1. The Bertz CT molecular complexity index is 674. The van der Waals surface area contributed by atoms with Crippen LogP contribution in [0, 0.1) is 0 Å². The van der Waals surface area contributed by atoms with Crippen molar-refractivity contribution in [3.05, 3.63) is 68.1 Å². The van der Waals surface area contributed by atoms with E-state index in [4.69, 9.17) is 23.2 Å². The summed E-state index contributed by atoms with van der Waals surface area (Å²) < 4.78 is 0.938. The van der Waals surface area contributed by atoms with E-state index in [2.05, 4.69) is 26.5 Å². The first-order valence-electron chi connectivity index (χ1n) is 5.60. The summed E-state index contributed by atoms with van der Waals surface area (Å²) in [5.74, 6) is -0.391. The van der Waals surface area contributed by atoms with Crippen molar-refractivity contribution < 1.29 is 4.79 Å². The van der Waals surface area contributed by atoms with E-state index in [1.165, 1.54) is 6.07 Å². The van der Waals surface area contributed by atoms with Crippen molar-refractivity contribution in [2.24, 2.45) is 5.10 Å². The zero-order chi connectivity index (χ0) is 14.5. The molecule has 0 bridgehead atoms. The lowest BCUT2D eigenvalue weighted by atomic mass is 10.2. The van der Waals surface area contributed by atoms with E-state index < -0.39 is 5.91 Å². The Morgan fingerprint density at radius 1 is 1.20 bits per heavy atom. The minimum absolute atomic E-state index is 0.285. The second-order valence-electron chi connectivity index (χ2n) is 3.88. The van der Waals surface area contributed by atoms with Gasteiger partial charge in [0.25, 0.3) is 5.91 Å². The van der Waals surface area contributed by atoms with Gasteiger partial charge in [0.05, 0.1) is 16.8 Å². The molecule has 1 N–H and O–H groups in total. The van der Waals surface area contributed by atoms with E-state index in [-0.39, 0.29) is 5.02 Å². The summed E-state index contributed by atoms with van der Waals surface area (Å²) in [7, 11) is 0. The average Bonchev–Trinajstić information content (AvgIpc) is 2.38. The van der Waals surface area contributed by atoms with Crippen LogP contribution >= 0.6 is 39.1 Å². The predicted molar refractivity (Wildman–Crippen MR) is 85.7 cm³/mol. The van der Waals surface area contributed by atoms with Crippen molar-refractivity contribution in [1.82, 2.24) is 5.43 Å². The van der Waals surface area contributed by atoms with Crippen molar-refractivity contribution in [2.45, 2.75) is 0 Å². The number of nitrogens with one attached hydrogen (secondary N) is 1. The highest BCUT2D eigenvalue weighted by Gasteiger charge is 2.09. The molecule has 0 atom stereocenters. The van der Waals surface area contributed by atoms with Gasteiger partial charge in [0.1, 0.15) is 0 Å². The van der Waals surface area contributed by atoms with Crippen LogP contribution < -0.4 is 5.43 Å². The average molecular weight is 372 g/mol. The summed E-state index contributed by atoms with van der Waals surface area (Å²) in [6, 6.07) is 12.2. The molecule has 3 nitrogen and oxygen atoms in total. The number of halogens is 3. The molecule has 0 spiro atoms. The number of hydrogen-bond acceptors (Lipinski definition) is 2. The number of carbonyl (C=O) groups is 1. The smallest absolute Gasteiger partial charge is 0.267 e.